The van der Waals surface area contributed by atoms with E-state index in [1.54, 1.807) is 14.0 Å². The first-order valence-corrected chi connectivity index (χ1v) is 4.19. The van der Waals surface area contributed by atoms with Crippen molar-refractivity contribution in [3.63, 3.8) is 0 Å². The molecule has 0 saturated carbocycles. The summed E-state index contributed by atoms with van der Waals surface area (Å²) in [6.45, 7) is 1.77. The Kier molecular flexibility index (Phi) is 3.00. The van der Waals surface area contributed by atoms with Gasteiger partial charge in [0.15, 0.2) is 0 Å². The first kappa shape index (κ1) is 9.70. The van der Waals surface area contributed by atoms with Crippen LogP contribution in [-0.2, 0) is 9.59 Å². The van der Waals surface area contributed by atoms with E-state index >= 15 is 0 Å². The van der Waals surface area contributed by atoms with Crippen LogP contribution in [-0.4, -0.2) is 24.6 Å². The van der Waals surface area contributed by atoms with Crippen molar-refractivity contribution >= 4 is 17.5 Å². The Morgan fingerprint density at radius 2 is 2.31 bits per heavy atom. The number of hydrazone groups is 1. The highest BCUT2D eigenvalue weighted by Crippen LogP contribution is 2.13. The van der Waals surface area contributed by atoms with E-state index in [-0.39, 0.29) is 17.7 Å². The average molecular weight is 183 g/mol. The van der Waals surface area contributed by atoms with E-state index in [1.165, 1.54) is 0 Å². The van der Waals surface area contributed by atoms with Crippen LogP contribution in [0.15, 0.2) is 5.10 Å². The summed E-state index contributed by atoms with van der Waals surface area (Å²) in [6.07, 6.45) is 0.953. The third-order valence-electron chi connectivity index (χ3n) is 2.03. The maximum Gasteiger partial charge on any atom is 0.235 e. The van der Waals surface area contributed by atoms with Crippen LogP contribution in [0.5, 0.6) is 0 Å². The van der Waals surface area contributed by atoms with Crippen molar-refractivity contribution in [2.45, 2.75) is 19.8 Å². The number of carbonyl (C=O) groups is 2. The van der Waals surface area contributed by atoms with Gasteiger partial charge in [0.25, 0.3) is 0 Å². The summed E-state index contributed by atoms with van der Waals surface area (Å²) in [7, 11) is 1.68. The topological polar surface area (TPSA) is 70.6 Å². The Bertz CT molecular complexity index is 260. The van der Waals surface area contributed by atoms with Crippen molar-refractivity contribution in [1.29, 1.82) is 0 Å². The molecule has 0 aromatic carbocycles. The maximum atomic E-state index is 11.3. The van der Waals surface area contributed by atoms with E-state index in [4.69, 9.17) is 0 Å². The van der Waals surface area contributed by atoms with Crippen LogP contribution < -0.4 is 10.7 Å². The minimum absolute atomic E-state index is 0.196. The van der Waals surface area contributed by atoms with Gasteiger partial charge in [0.1, 0.15) is 0 Å². The summed E-state index contributed by atoms with van der Waals surface area (Å²) >= 11 is 0. The standard InChI is InChI=1S/C8H13N3O2/c1-5(11-9-2)6-3-4-7(12)10-8(6)13/h6,9H,3-4H2,1-2H3,(H,10,12,13)/b11-5+. The molecule has 0 aliphatic carbocycles. The zero-order chi connectivity index (χ0) is 9.84. The second-order valence-corrected chi connectivity index (χ2v) is 2.98. The van der Waals surface area contributed by atoms with E-state index in [1.807, 2.05) is 0 Å². The van der Waals surface area contributed by atoms with Gasteiger partial charge in [-0.1, -0.05) is 0 Å². The van der Waals surface area contributed by atoms with Crippen molar-refractivity contribution in [1.82, 2.24) is 10.7 Å². The van der Waals surface area contributed by atoms with Crippen LogP contribution in [0.3, 0.4) is 0 Å². The van der Waals surface area contributed by atoms with Gasteiger partial charge in [0, 0.05) is 19.2 Å². The minimum atomic E-state index is -0.259. The molecule has 0 aromatic rings. The van der Waals surface area contributed by atoms with Gasteiger partial charge in [-0.3, -0.25) is 14.9 Å². The van der Waals surface area contributed by atoms with Gasteiger partial charge in [-0.15, -0.1) is 0 Å². The molecule has 1 aliphatic heterocycles. The lowest BCUT2D eigenvalue weighted by molar-refractivity contribution is -0.134. The molecule has 1 heterocycles. The highest BCUT2D eigenvalue weighted by atomic mass is 16.2. The molecule has 2 amide bonds. The Balaban J connectivity index is 2.66. The van der Waals surface area contributed by atoms with Gasteiger partial charge in [-0.05, 0) is 13.3 Å². The van der Waals surface area contributed by atoms with Crippen LogP contribution >= 0.6 is 0 Å². The molecule has 13 heavy (non-hydrogen) atoms. The number of amides is 2. The smallest absolute Gasteiger partial charge is 0.235 e. The van der Waals surface area contributed by atoms with E-state index < -0.39 is 0 Å². The lowest BCUT2D eigenvalue weighted by Crippen LogP contribution is -2.43. The highest BCUT2D eigenvalue weighted by molar-refractivity contribution is 6.10. The van der Waals surface area contributed by atoms with Crippen LogP contribution in [0.4, 0.5) is 0 Å². The van der Waals surface area contributed by atoms with Crippen molar-refractivity contribution in [3.8, 4) is 0 Å². The molecule has 1 rings (SSSR count). The first-order valence-electron chi connectivity index (χ1n) is 4.19. The van der Waals surface area contributed by atoms with E-state index in [2.05, 4.69) is 15.8 Å². The summed E-state index contributed by atoms with van der Waals surface area (Å²) in [4.78, 5) is 22.1. The Hall–Kier alpha value is -1.39. The lowest BCUT2D eigenvalue weighted by atomic mass is 9.94. The quantitative estimate of drug-likeness (QED) is 0.349. The molecule has 5 heteroatoms. The van der Waals surface area contributed by atoms with Gasteiger partial charge in [-0.25, -0.2) is 0 Å². The average Bonchev–Trinajstić information content (AvgIpc) is 2.04. The van der Waals surface area contributed by atoms with Gasteiger partial charge in [-0.2, -0.15) is 5.10 Å². The summed E-state index contributed by atoms with van der Waals surface area (Å²) in [6, 6.07) is 0. The third kappa shape index (κ3) is 2.27. The number of hydrogen-bond donors (Lipinski definition) is 2. The monoisotopic (exact) mass is 183 g/mol. The molecule has 0 aromatic heterocycles. The fourth-order valence-corrected chi connectivity index (χ4v) is 1.35. The zero-order valence-corrected chi connectivity index (χ0v) is 7.76. The SMILES string of the molecule is CN/N=C(\C)C1CCC(=O)NC1=O. The lowest BCUT2D eigenvalue weighted by Gasteiger charge is -2.20. The number of rotatable bonds is 2. The molecule has 1 atom stereocenters. The summed E-state index contributed by atoms with van der Waals surface area (Å²) in [5.41, 5.74) is 3.33. The number of nitrogens with zero attached hydrogens (tertiary/aromatic N) is 1. The van der Waals surface area contributed by atoms with Crippen molar-refractivity contribution in [2.75, 3.05) is 7.05 Å². The predicted molar refractivity (Wildman–Crippen MR) is 48.0 cm³/mol. The van der Waals surface area contributed by atoms with Gasteiger partial charge < -0.3 is 5.43 Å². The summed E-state index contributed by atoms with van der Waals surface area (Å²) in [5, 5.41) is 6.20. The number of imide groups is 1. The Morgan fingerprint density at radius 1 is 1.62 bits per heavy atom. The van der Waals surface area contributed by atoms with Crippen molar-refractivity contribution in [2.24, 2.45) is 11.0 Å². The number of carbonyl (C=O) groups excluding carboxylic acids is 2. The Labute approximate surface area is 76.6 Å². The number of hydrogen-bond acceptors (Lipinski definition) is 4. The second kappa shape index (κ2) is 4.02. The van der Waals surface area contributed by atoms with Crippen molar-refractivity contribution in [3.05, 3.63) is 0 Å². The molecule has 1 aliphatic rings. The van der Waals surface area contributed by atoms with Gasteiger partial charge in [0.05, 0.1) is 5.92 Å². The summed E-state index contributed by atoms with van der Waals surface area (Å²) < 4.78 is 0. The number of piperidine rings is 1. The highest BCUT2D eigenvalue weighted by Gasteiger charge is 2.28. The van der Waals surface area contributed by atoms with Crippen LogP contribution in [0.25, 0.3) is 0 Å². The van der Waals surface area contributed by atoms with Gasteiger partial charge in [0.2, 0.25) is 11.8 Å². The minimum Gasteiger partial charge on any atom is -0.313 e. The molecular formula is C8H13N3O2. The van der Waals surface area contributed by atoms with Crippen molar-refractivity contribution < 1.29 is 9.59 Å². The van der Waals surface area contributed by atoms with Gasteiger partial charge >= 0.3 is 0 Å². The second-order valence-electron chi connectivity index (χ2n) is 2.98. The molecule has 5 nitrogen and oxygen atoms in total. The maximum absolute atomic E-state index is 11.3. The Morgan fingerprint density at radius 3 is 2.85 bits per heavy atom. The largest absolute Gasteiger partial charge is 0.313 e. The molecular weight excluding hydrogens is 170 g/mol. The normalized spacial score (nSPS) is 24.2. The third-order valence-corrected chi connectivity index (χ3v) is 2.03. The molecule has 1 saturated heterocycles. The fraction of sp³-hybridized carbons (Fsp3) is 0.625. The molecule has 0 bridgehead atoms. The van der Waals surface area contributed by atoms with Crippen LogP contribution in [0, 0.1) is 5.92 Å². The predicted octanol–water partition coefficient (Wildman–Crippen LogP) is -0.366. The molecule has 72 valence electrons. The zero-order valence-electron chi connectivity index (χ0n) is 7.76. The first-order chi connectivity index (χ1) is 6.15. The molecule has 2 N–H and O–H groups in total. The molecule has 1 fully saturated rings. The molecule has 0 radical (unpaired) electrons. The molecule has 1 unspecified atom stereocenters. The van der Waals surface area contributed by atoms with Crippen LogP contribution in [0.1, 0.15) is 19.8 Å². The summed E-state index contributed by atoms with van der Waals surface area (Å²) in [5.74, 6) is -0.698. The van der Waals surface area contributed by atoms with E-state index in [9.17, 15) is 9.59 Å². The molecule has 0 spiro atoms. The fourth-order valence-electron chi connectivity index (χ4n) is 1.35. The van der Waals surface area contributed by atoms with E-state index in [0.717, 1.165) is 0 Å². The van der Waals surface area contributed by atoms with Crippen LogP contribution in [0.2, 0.25) is 0 Å². The number of nitrogens with one attached hydrogen (secondary N) is 2. The van der Waals surface area contributed by atoms with E-state index in [0.29, 0.717) is 18.6 Å².